The van der Waals surface area contributed by atoms with Gasteiger partial charge in [-0.15, -0.1) is 0 Å². The summed E-state index contributed by atoms with van der Waals surface area (Å²) in [6.07, 6.45) is 6.02. The SMILES string of the molecule is Cc1ccccc1CCc1nc(N2CCC[C@@H]2c2ccc(Cl)cc2)ncc1C(=O)N(C)C[C@@H]1OCCc2ccccc21. The summed E-state index contributed by atoms with van der Waals surface area (Å²) < 4.78 is 6.12. The highest BCUT2D eigenvalue weighted by molar-refractivity contribution is 6.30. The molecule has 3 heterocycles. The molecule has 1 saturated heterocycles. The van der Waals surface area contributed by atoms with Gasteiger partial charge in [-0.25, -0.2) is 9.97 Å². The van der Waals surface area contributed by atoms with Crippen molar-refractivity contribution < 1.29 is 9.53 Å². The molecule has 2 aliphatic rings. The summed E-state index contributed by atoms with van der Waals surface area (Å²) in [4.78, 5) is 27.8. The van der Waals surface area contributed by atoms with Gasteiger partial charge in [0.1, 0.15) is 6.10 Å². The first kappa shape index (κ1) is 28.4. The first-order chi connectivity index (χ1) is 20.5. The van der Waals surface area contributed by atoms with Crippen molar-refractivity contribution in [2.75, 3.05) is 31.6 Å². The highest BCUT2D eigenvalue weighted by Gasteiger charge is 2.30. The fraction of sp³-hybridized carbons (Fsp3) is 0.343. The van der Waals surface area contributed by atoms with Crippen molar-refractivity contribution >= 4 is 23.5 Å². The van der Waals surface area contributed by atoms with E-state index in [4.69, 9.17) is 26.3 Å². The number of aromatic nitrogens is 2. The average Bonchev–Trinajstić information content (AvgIpc) is 3.51. The van der Waals surface area contributed by atoms with Gasteiger partial charge in [0.25, 0.3) is 5.91 Å². The molecule has 4 aromatic rings. The highest BCUT2D eigenvalue weighted by atomic mass is 35.5. The fourth-order valence-corrected chi connectivity index (χ4v) is 6.39. The van der Waals surface area contributed by atoms with Gasteiger partial charge >= 0.3 is 0 Å². The molecular weight excluding hydrogens is 544 g/mol. The number of nitrogens with zero attached hydrogens (tertiary/aromatic N) is 4. The molecule has 0 aliphatic carbocycles. The number of halogens is 1. The van der Waals surface area contributed by atoms with Gasteiger partial charge in [-0.3, -0.25) is 4.79 Å². The summed E-state index contributed by atoms with van der Waals surface area (Å²) in [5.41, 5.74) is 7.51. The Morgan fingerprint density at radius 1 is 1.05 bits per heavy atom. The number of ether oxygens (including phenoxy) is 1. The molecule has 1 amide bonds. The molecule has 1 aromatic heterocycles. The van der Waals surface area contributed by atoms with Gasteiger partial charge in [-0.2, -0.15) is 0 Å². The van der Waals surface area contributed by atoms with Crippen LogP contribution in [-0.4, -0.2) is 47.5 Å². The Morgan fingerprint density at radius 3 is 2.67 bits per heavy atom. The Morgan fingerprint density at radius 2 is 1.83 bits per heavy atom. The van der Waals surface area contributed by atoms with Crippen LogP contribution in [0.3, 0.4) is 0 Å². The van der Waals surface area contributed by atoms with Crippen LogP contribution in [-0.2, 0) is 24.0 Å². The Balaban J connectivity index is 1.28. The van der Waals surface area contributed by atoms with E-state index in [0.717, 1.165) is 48.5 Å². The molecule has 1 fully saturated rings. The van der Waals surface area contributed by atoms with Crippen LogP contribution in [0.2, 0.25) is 5.02 Å². The van der Waals surface area contributed by atoms with Crippen LogP contribution in [0.4, 0.5) is 5.95 Å². The van der Waals surface area contributed by atoms with E-state index in [-0.39, 0.29) is 18.1 Å². The topological polar surface area (TPSA) is 58.6 Å². The Labute approximate surface area is 253 Å². The fourth-order valence-electron chi connectivity index (χ4n) is 6.26. The van der Waals surface area contributed by atoms with Crippen LogP contribution in [0, 0.1) is 6.92 Å². The predicted molar refractivity (Wildman–Crippen MR) is 167 cm³/mol. The van der Waals surface area contributed by atoms with Gasteiger partial charge in [-0.05, 0) is 79.0 Å². The van der Waals surface area contributed by atoms with Gasteiger partial charge in [-0.1, -0.05) is 72.3 Å². The maximum Gasteiger partial charge on any atom is 0.257 e. The van der Waals surface area contributed by atoms with E-state index in [2.05, 4.69) is 66.4 Å². The third kappa shape index (κ3) is 6.06. The molecule has 0 spiro atoms. The molecule has 42 heavy (non-hydrogen) atoms. The molecule has 0 radical (unpaired) electrons. The highest BCUT2D eigenvalue weighted by Crippen LogP contribution is 2.35. The number of hydrogen-bond donors (Lipinski definition) is 0. The smallest absolute Gasteiger partial charge is 0.257 e. The Bertz CT molecular complexity index is 1560. The van der Waals surface area contributed by atoms with Crippen molar-refractivity contribution in [2.45, 2.75) is 51.2 Å². The van der Waals surface area contributed by atoms with Crippen molar-refractivity contribution in [3.63, 3.8) is 0 Å². The molecule has 7 heteroatoms. The number of fused-ring (bicyclic) bond motifs is 1. The maximum absolute atomic E-state index is 13.9. The van der Waals surface area contributed by atoms with Crippen LogP contribution in [0.5, 0.6) is 0 Å². The van der Waals surface area contributed by atoms with Crippen LogP contribution in [0.25, 0.3) is 0 Å². The average molecular weight is 581 g/mol. The minimum Gasteiger partial charge on any atom is -0.371 e. The zero-order chi connectivity index (χ0) is 29.1. The second-order valence-corrected chi connectivity index (χ2v) is 11.8. The molecule has 216 valence electrons. The zero-order valence-electron chi connectivity index (χ0n) is 24.3. The number of carbonyl (C=O) groups is 1. The van der Waals surface area contributed by atoms with Gasteiger partial charge in [0.05, 0.1) is 30.5 Å². The third-order valence-corrected chi connectivity index (χ3v) is 8.87. The Kier molecular flexibility index (Phi) is 8.54. The standard InChI is InChI=1S/C35H37ClN4O2/c1-24-8-3-4-9-25(24)15-18-31-30(34(41)39(2)23-33-29-11-6-5-10-26(29)19-21-42-33)22-37-35(38-31)40-20-7-12-32(40)27-13-16-28(36)17-14-27/h3-6,8-11,13-14,16-17,22,32-33H,7,12,15,18-21,23H2,1-2H3/t32-,33+/m1/s1. The van der Waals surface area contributed by atoms with Crippen molar-refractivity contribution in [1.29, 1.82) is 0 Å². The number of rotatable bonds is 8. The summed E-state index contributed by atoms with van der Waals surface area (Å²) >= 11 is 6.17. The van der Waals surface area contributed by atoms with E-state index < -0.39 is 0 Å². The van der Waals surface area contributed by atoms with E-state index in [0.29, 0.717) is 31.1 Å². The van der Waals surface area contributed by atoms with Crippen molar-refractivity contribution in [3.8, 4) is 0 Å². The normalized spacial score (nSPS) is 18.1. The van der Waals surface area contributed by atoms with E-state index in [9.17, 15) is 4.79 Å². The second-order valence-electron chi connectivity index (χ2n) is 11.4. The van der Waals surface area contributed by atoms with E-state index in [1.807, 2.05) is 25.2 Å². The number of anilines is 1. The van der Waals surface area contributed by atoms with E-state index >= 15 is 0 Å². The van der Waals surface area contributed by atoms with Crippen LogP contribution in [0.15, 0.2) is 79.0 Å². The maximum atomic E-state index is 13.9. The third-order valence-electron chi connectivity index (χ3n) is 8.62. The molecule has 3 aromatic carbocycles. The number of aryl methyl sites for hydroxylation is 3. The Hall–Kier alpha value is -3.74. The van der Waals surface area contributed by atoms with Crippen molar-refractivity contribution in [2.24, 2.45) is 0 Å². The quantitative estimate of drug-likeness (QED) is 0.226. The van der Waals surface area contributed by atoms with Crippen LogP contribution in [0.1, 0.15) is 68.9 Å². The lowest BCUT2D eigenvalue weighted by Gasteiger charge is -2.30. The first-order valence-corrected chi connectivity index (χ1v) is 15.2. The molecular formula is C35H37ClN4O2. The largest absolute Gasteiger partial charge is 0.371 e. The molecule has 6 rings (SSSR count). The molecule has 2 atom stereocenters. The van der Waals surface area contributed by atoms with Gasteiger partial charge in [0.15, 0.2) is 0 Å². The predicted octanol–water partition coefficient (Wildman–Crippen LogP) is 6.95. The lowest BCUT2D eigenvalue weighted by Crippen LogP contribution is -2.35. The minimum absolute atomic E-state index is 0.0799. The number of likely N-dealkylation sites (N-methyl/N-ethyl adjacent to an activating group) is 1. The zero-order valence-corrected chi connectivity index (χ0v) is 25.1. The monoisotopic (exact) mass is 580 g/mol. The molecule has 2 aliphatic heterocycles. The second kappa shape index (κ2) is 12.6. The van der Waals surface area contributed by atoms with Gasteiger partial charge in [0.2, 0.25) is 5.95 Å². The number of amides is 1. The van der Waals surface area contributed by atoms with Crippen molar-refractivity contribution in [1.82, 2.24) is 14.9 Å². The lowest BCUT2D eigenvalue weighted by atomic mass is 9.97. The van der Waals surface area contributed by atoms with Gasteiger partial charge in [0, 0.05) is 24.8 Å². The minimum atomic E-state index is -0.149. The van der Waals surface area contributed by atoms with E-state index in [1.54, 1.807) is 11.1 Å². The summed E-state index contributed by atoms with van der Waals surface area (Å²) in [7, 11) is 1.85. The first-order valence-electron chi connectivity index (χ1n) is 14.9. The van der Waals surface area contributed by atoms with Crippen LogP contribution >= 0.6 is 11.6 Å². The van der Waals surface area contributed by atoms with Crippen LogP contribution < -0.4 is 4.90 Å². The van der Waals surface area contributed by atoms with Gasteiger partial charge < -0.3 is 14.5 Å². The summed E-state index contributed by atoms with van der Waals surface area (Å²) in [6, 6.07) is 25.0. The number of carbonyl (C=O) groups excluding carboxylic acids is 1. The number of benzene rings is 3. The molecule has 0 saturated carbocycles. The summed E-state index contributed by atoms with van der Waals surface area (Å²) in [5, 5.41) is 0.729. The molecule has 0 bridgehead atoms. The van der Waals surface area contributed by atoms with Crippen molar-refractivity contribution in [3.05, 3.63) is 123 Å². The number of hydrogen-bond acceptors (Lipinski definition) is 5. The lowest BCUT2D eigenvalue weighted by molar-refractivity contribution is 0.0199. The molecule has 0 unspecified atom stereocenters. The van der Waals surface area contributed by atoms with E-state index in [1.165, 1.54) is 22.3 Å². The molecule has 0 N–H and O–H groups in total. The summed E-state index contributed by atoms with van der Waals surface area (Å²) in [5.74, 6) is 0.597. The summed E-state index contributed by atoms with van der Waals surface area (Å²) in [6.45, 7) is 4.13. The molecule has 6 nitrogen and oxygen atoms in total.